The van der Waals surface area contributed by atoms with Crippen LogP contribution >= 0.6 is 0 Å². The average Bonchev–Trinajstić information content (AvgIpc) is 3.30. The number of halogens is 3. The summed E-state index contributed by atoms with van der Waals surface area (Å²) in [6.45, 7) is 4.97. The molecule has 0 saturated heterocycles. The van der Waals surface area contributed by atoms with E-state index in [1.54, 1.807) is 41.8 Å². The topological polar surface area (TPSA) is 121 Å². The molecule has 5 rings (SSSR count). The lowest BCUT2D eigenvalue weighted by Crippen LogP contribution is -2.23. The second-order valence-corrected chi connectivity index (χ2v) is 9.49. The number of carbonyl (C=O) groups excluding carboxylic acids is 2. The summed E-state index contributed by atoms with van der Waals surface area (Å²) in [6.07, 6.45) is -3.12. The van der Waals surface area contributed by atoms with Crippen LogP contribution in [0, 0.1) is 11.3 Å². The average molecular weight is 585 g/mol. The van der Waals surface area contributed by atoms with Crippen molar-refractivity contribution in [1.82, 2.24) is 14.0 Å². The summed E-state index contributed by atoms with van der Waals surface area (Å²) in [4.78, 5) is 44.2. The van der Waals surface area contributed by atoms with E-state index in [1.807, 2.05) is 6.07 Å². The molecule has 2 heterocycles. The van der Waals surface area contributed by atoms with Crippen molar-refractivity contribution in [1.29, 1.82) is 5.26 Å². The molecule has 0 aliphatic carbocycles. The van der Waals surface area contributed by atoms with Crippen molar-refractivity contribution in [3.8, 4) is 17.2 Å². The summed E-state index contributed by atoms with van der Waals surface area (Å²) >= 11 is 0. The van der Waals surface area contributed by atoms with Gasteiger partial charge in [0.05, 0.1) is 45.2 Å². The summed E-state index contributed by atoms with van der Waals surface area (Å²) in [7, 11) is 0. The number of rotatable bonds is 7. The van der Waals surface area contributed by atoms with Crippen LogP contribution in [-0.4, -0.2) is 25.8 Å². The molecule has 0 aliphatic heterocycles. The number of nitrogens with one attached hydrogen (secondary N) is 2. The van der Waals surface area contributed by atoms with Crippen LogP contribution in [0.4, 0.5) is 24.5 Å². The molecule has 216 valence electrons. The third-order valence-corrected chi connectivity index (χ3v) is 6.79. The first-order valence-corrected chi connectivity index (χ1v) is 13.0. The number of hydrogen-bond donors (Lipinski definition) is 2. The summed E-state index contributed by atoms with van der Waals surface area (Å²) in [5.74, 6) is -0.889. The Morgan fingerprint density at radius 3 is 2.37 bits per heavy atom. The molecule has 12 heteroatoms. The molecule has 9 nitrogen and oxygen atoms in total. The molecule has 2 N–H and O–H groups in total. The van der Waals surface area contributed by atoms with E-state index in [-0.39, 0.29) is 34.8 Å². The molecule has 0 unspecified atom stereocenters. The molecule has 2 aromatic heterocycles. The predicted molar refractivity (Wildman–Crippen MR) is 155 cm³/mol. The quantitative estimate of drug-likeness (QED) is 0.244. The van der Waals surface area contributed by atoms with Crippen molar-refractivity contribution in [2.45, 2.75) is 26.1 Å². The van der Waals surface area contributed by atoms with Crippen LogP contribution in [0.1, 0.15) is 23.7 Å². The molecule has 0 radical (unpaired) electrons. The van der Waals surface area contributed by atoms with E-state index in [0.717, 1.165) is 30.3 Å². The number of nitrogens with zero attached hydrogens (tertiary/aromatic N) is 4. The molecule has 0 spiro atoms. The summed E-state index contributed by atoms with van der Waals surface area (Å²) < 4.78 is 41.7. The fourth-order valence-corrected chi connectivity index (χ4v) is 4.83. The second-order valence-electron chi connectivity index (χ2n) is 9.49. The van der Waals surface area contributed by atoms with Crippen molar-refractivity contribution in [2.75, 3.05) is 10.6 Å². The minimum atomic E-state index is -4.50. The van der Waals surface area contributed by atoms with E-state index in [0.29, 0.717) is 28.7 Å². The molecule has 0 saturated carbocycles. The van der Waals surface area contributed by atoms with Gasteiger partial charge in [0.15, 0.2) is 0 Å². The lowest BCUT2D eigenvalue weighted by Gasteiger charge is -2.14. The van der Waals surface area contributed by atoms with Gasteiger partial charge >= 0.3 is 6.18 Å². The molecular weight excluding hydrogens is 561 g/mol. The van der Waals surface area contributed by atoms with Gasteiger partial charge in [0, 0.05) is 11.3 Å². The molecule has 0 bridgehead atoms. The number of hydrogen-bond acceptors (Lipinski definition) is 5. The van der Waals surface area contributed by atoms with Crippen LogP contribution in [-0.2, 0) is 28.7 Å². The first kappa shape index (κ1) is 28.8. The van der Waals surface area contributed by atoms with Gasteiger partial charge in [-0.2, -0.15) is 18.4 Å². The number of alkyl halides is 3. The van der Waals surface area contributed by atoms with E-state index in [9.17, 15) is 32.8 Å². The first-order valence-electron chi connectivity index (χ1n) is 13.0. The minimum Gasteiger partial charge on any atom is -0.325 e. The zero-order valence-electron chi connectivity index (χ0n) is 22.7. The van der Waals surface area contributed by atoms with Crippen LogP contribution in [0.5, 0.6) is 0 Å². The van der Waals surface area contributed by atoms with E-state index in [2.05, 4.69) is 17.2 Å². The largest absolute Gasteiger partial charge is 0.416 e. The van der Waals surface area contributed by atoms with Gasteiger partial charge in [0.1, 0.15) is 6.54 Å². The Kier molecular flexibility index (Phi) is 7.56. The number of amides is 2. The Bertz CT molecular complexity index is 2020. The predicted octanol–water partition coefficient (Wildman–Crippen LogP) is 5.53. The van der Waals surface area contributed by atoms with Gasteiger partial charge in [-0.25, -0.2) is 9.38 Å². The summed E-state index contributed by atoms with van der Waals surface area (Å²) in [6, 6.07) is 17.5. The number of para-hydroxylation sites is 2. The standard InChI is InChI=1S/C31H23F3N6O3/c1-3-22-28(21-14-9-18(16-35)15-23(21)37-26(41)4-2)29(43)40-25-8-6-5-7-24(25)39(30(40)38-22)17-27(42)36-20-12-10-19(11-13-20)31(32,33)34/h4-15H,2-3,17H2,1H3,(H,36,42)(H,37,41). The second kappa shape index (κ2) is 11.3. The van der Waals surface area contributed by atoms with Crippen LogP contribution in [0.2, 0.25) is 0 Å². The van der Waals surface area contributed by atoms with Crippen LogP contribution < -0.4 is 16.2 Å². The number of benzene rings is 3. The summed E-state index contributed by atoms with van der Waals surface area (Å²) in [5.41, 5.74) is 1.32. The maximum absolute atomic E-state index is 14.2. The highest BCUT2D eigenvalue weighted by atomic mass is 19.4. The molecular formula is C31H23F3N6O3. The molecule has 0 atom stereocenters. The monoisotopic (exact) mass is 584 g/mol. The van der Waals surface area contributed by atoms with Crippen molar-refractivity contribution in [3.05, 3.63) is 107 Å². The lowest BCUT2D eigenvalue weighted by atomic mass is 10.00. The molecule has 5 aromatic rings. The Labute approximate surface area is 242 Å². The van der Waals surface area contributed by atoms with Crippen molar-refractivity contribution < 1.29 is 22.8 Å². The fourth-order valence-electron chi connectivity index (χ4n) is 4.83. The molecule has 2 amide bonds. The Morgan fingerprint density at radius 2 is 1.74 bits per heavy atom. The lowest BCUT2D eigenvalue weighted by molar-refractivity contribution is -0.137. The first-order chi connectivity index (χ1) is 20.5. The Hall–Kier alpha value is -5.70. The highest BCUT2D eigenvalue weighted by Crippen LogP contribution is 2.32. The minimum absolute atomic E-state index is 0.176. The fraction of sp³-hybridized carbons (Fsp3) is 0.129. The number of imidazole rings is 1. The summed E-state index contributed by atoms with van der Waals surface area (Å²) in [5, 5.41) is 14.7. The van der Waals surface area contributed by atoms with Crippen molar-refractivity contribution in [3.63, 3.8) is 0 Å². The maximum atomic E-state index is 14.2. The van der Waals surface area contributed by atoms with Gasteiger partial charge in [-0.05, 0) is 61.0 Å². The van der Waals surface area contributed by atoms with Crippen LogP contribution in [0.15, 0.2) is 84.2 Å². The molecule has 3 aromatic carbocycles. The van der Waals surface area contributed by atoms with Crippen LogP contribution in [0.25, 0.3) is 27.9 Å². The molecule has 0 aliphatic rings. The smallest absolute Gasteiger partial charge is 0.325 e. The maximum Gasteiger partial charge on any atom is 0.416 e. The third kappa shape index (κ3) is 5.48. The SMILES string of the molecule is C=CC(=O)Nc1cc(C#N)ccc1-c1c(CC)nc2n(CC(=O)Nc3ccc(C(F)(F)F)cc3)c3ccccc3n2c1=O. The number of carbonyl (C=O) groups is 2. The van der Waals surface area contributed by atoms with Gasteiger partial charge in [-0.15, -0.1) is 0 Å². The van der Waals surface area contributed by atoms with Gasteiger partial charge in [0.25, 0.3) is 5.56 Å². The number of aromatic nitrogens is 3. The zero-order valence-corrected chi connectivity index (χ0v) is 22.7. The van der Waals surface area contributed by atoms with E-state index >= 15 is 0 Å². The molecule has 0 fully saturated rings. The van der Waals surface area contributed by atoms with Gasteiger partial charge in [-0.3, -0.25) is 14.4 Å². The van der Waals surface area contributed by atoms with Gasteiger partial charge in [-0.1, -0.05) is 31.7 Å². The van der Waals surface area contributed by atoms with E-state index in [4.69, 9.17) is 4.98 Å². The van der Waals surface area contributed by atoms with Crippen molar-refractivity contribution >= 4 is 40.0 Å². The van der Waals surface area contributed by atoms with Crippen molar-refractivity contribution in [2.24, 2.45) is 0 Å². The zero-order chi connectivity index (χ0) is 30.9. The molecule has 43 heavy (non-hydrogen) atoms. The number of anilines is 2. The third-order valence-electron chi connectivity index (χ3n) is 6.79. The van der Waals surface area contributed by atoms with Gasteiger partial charge in [0.2, 0.25) is 17.6 Å². The Balaban J connectivity index is 1.64. The number of fused-ring (bicyclic) bond motifs is 3. The number of aryl methyl sites for hydroxylation is 1. The normalized spacial score (nSPS) is 11.3. The highest BCUT2D eigenvalue weighted by Gasteiger charge is 2.30. The van der Waals surface area contributed by atoms with Gasteiger partial charge < -0.3 is 15.2 Å². The number of nitriles is 1. The van der Waals surface area contributed by atoms with E-state index in [1.165, 1.54) is 16.5 Å². The highest BCUT2D eigenvalue weighted by molar-refractivity contribution is 6.02. The Morgan fingerprint density at radius 1 is 1.05 bits per heavy atom. The van der Waals surface area contributed by atoms with Crippen LogP contribution in [0.3, 0.4) is 0 Å². The van der Waals surface area contributed by atoms with E-state index < -0.39 is 29.1 Å².